The second-order valence-corrected chi connectivity index (χ2v) is 6.23. The van der Waals surface area contributed by atoms with Crippen molar-refractivity contribution in [1.29, 1.82) is 0 Å². The maximum absolute atomic E-state index is 12.4. The Balaban J connectivity index is 1.77. The van der Waals surface area contributed by atoms with E-state index in [0.29, 0.717) is 5.56 Å². The number of nitrogens with one attached hydrogen (secondary N) is 2. The molecule has 1 heterocycles. The third kappa shape index (κ3) is 4.23. The van der Waals surface area contributed by atoms with Crippen LogP contribution >= 0.6 is 0 Å². The molecule has 0 atom stereocenters. The van der Waals surface area contributed by atoms with E-state index < -0.39 is 0 Å². The summed E-state index contributed by atoms with van der Waals surface area (Å²) in [5, 5.41) is 6.23. The molecule has 4 nitrogen and oxygen atoms in total. The molecule has 0 fully saturated rings. The van der Waals surface area contributed by atoms with Crippen molar-refractivity contribution in [3.05, 3.63) is 83.2 Å². The molecule has 0 spiro atoms. The number of carbonyl (C=O) groups excluding carboxylic acids is 1. The average Bonchev–Trinajstić information content (AvgIpc) is 2.60. The Bertz CT molecular complexity index is 901. The number of hydrogen-bond donors (Lipinski definition) is 2. The molecule has 3 aromatic rings. The molecule has 4 heteroatoms. The highest BCUT2D eigenvalue weighted by Crippen LogP contribution is 2.22. The fourth-order valence-electron chi connectivity index (χ4n) is 2.50. The van der Waals surface area contributed by atoms with Crippen LogP contribution in [0.15, 0.2) is 60.9 Å². The zero-order valence-corrected chi connectivity index (χ0v) is 14.6. The first-order chi connectivity index (χ1) is 12.0. The van der Waals surface area contributed by atoms with Crippen molar-refractivity contribution >= 4 is 23.0 Å². The van der Waals surface area contributed by atoms with Crippen LogP contribution in [0.1, 0.15) is 27.0 Å². The van der Waals surface area contributed by atoms with Crippen molar-refractivity contribution in [3.8, 4) is 0 Å². The van der Waals surface area contributed by atoms with Crippen LogP contribution in [0.25, 0.3) is 0 Å². The molecule has 3 rings (SSSR count). The van der Waals surface area contributed by atoms with Crippen LogP contribution in [-0.2, 0) is 0 Å². The van der Waals surface area contributed by atoms with E-state index in [1.54, 1.807) is 18.5 Å². The van der Waals surface area contributed by atoms with Gasteiger partial charge in [0.05, 0.1) is 17.4 Å². The largest absolute Gasteiger partial charge is 0.354 e. The van der Waals surface area contributed by atoms with Crippen LogP contribution in [0.2, 0.25) is 0 Å². The monoisotopic (exact) mass is 331 g/mol. The first kappa shape index (κ1) is 16.7. The van der Waals surface area contributed by atoms with Crippen molar-refractivity contribution in [2.45, 2.75) is 20.8 Å². The SMILES string of the molecule is Cc1ccc(NC(=O)c2cncc(Nc3cc(C)ccc3C)c2)cc1. The van der Waals surface area contributed by atoms with Crippen LogP contribution in [0.3, 0.4) is 0 Å². The molecular weight excluding hydrogens is 310 g/mol. The second-order valence-electron chi connectivity index (χ2n) is 6.23. The smallest absolute Gasteiger partial charge is 0.257 e. The molecule has 0 aliphatic rings. The number of aryl methyl sites for hydroxylation is 3. The zero-order chi connectivity index (χ0) is 17.8. The number of anilines is 3. The molecule has 0 bridgehead atoms. The fourth-order valence-corrected chi connectivity index (χ4v) is 2.50. The summed E-state index contributed by atoms with van der Waals surface area (Å²) in [6, 6.07) is 15.7. The quantitative estimate of drug-likeness (QED) is 0.707. The van der Waals surface area contributed by atoms with Crippen LogP contribution in [0, 0.1) is 20.8 Å². The van der Waals surface area contributed by atoms with Crippen LogP contribution in [-0.4, -0.2) is 10.9 Å². The summed E-state index contributed by atoms with van der Waals surface area (Å²) in [5.41, 5.74) is 6.54. The maximum Gasteiger partial charge on any atom is 0.257 e. The van der Waals surface area contributed by atoms with Gasteiger partial charge in [-0.25, -0.2) is 0 Å². The van der Waals surface area contributed by atoms with Crippen molar-refractivity contribution in [3.63, 3.8) is 0 Å². The molecule has 1 amide bonds. The van der Waals surface area contributed by atoms with Crippen molar-refractivity contribution < 1.29 is 4.79 Å². The third-order valence-electron chi connectivity index (χ3n) is 3.98. The standard InChI is InChI=1S/C21H21N3O/c1-14-5-8-18(9-6-14)24-21(25)17-11-19(13-22-12-17)23-20-10-15(2)4-7-16(20)3/h4-13,23H,1-3H3,(H,24,25). The summed E-state index contributed by atoms with van der Waals surface area (Å²) in [6.45, 7) is 6.11. The Morgan fingerprint density at radius 1 is 0.840 bits per heavy atom. The Labute approximate surface area is 147 Å². The van der Waals surface area contributed by atoms with Gasteiger partial charge in [-0.2, -0.15) is 0 Å². The summed E-state index contributed by atoms with van der Waals surface area (Å²) in [5.74, 6) is -0.180. The van der Waals surface area contributed by atoms with Gasteiger partial charge in [-0.1, -0.05) is 29.8 Å². The summed E-state index contributed by atoms with van der Waals surface area (Å²) in [7, 11) is 0. The van der Waals surface area contributed by atoms with Crippen molar-refractivity contribution in [2.24, 2.45) is 0 Å². The van der Waals surface area contributed by atoms with E-state index in [0.717, 1.165) is 28.2 Å². The fraction of sp³-hybridized carbons (Fsp3) is 0.143. The number of pyridine rings is 1. The van der Waals surface area contributed by atoms with E-state index in [-0.39, 0.29) is 5.91 Å². The molecule has 0 saturated heterocycles. The molecule has 2 N–H and O–H groups in total. The van der Waals surface area contributed by atoms with E-state index in [9.17, 15) is 4.79 Å². The van der Waals surface area contributed by atoms with Gasteiger partial charge in [-0.3, -0.25) is 9.78 Å². The molecule has 0 aliphatic carbocycles. The lowest BCUT2D eigenvalue weighted by molar-refractivity contribution is 0.102. The molecule has 126 valence electrons. The minimum atomic E-state index is -0.180. The second kappa shape index (κ2) is 7.18. The highest BCUT2D eigenvalue weighted by atomic mass is 16.1. The Hall–Kier alpha value is -3.14. The van der Waals surface area contributed by atoms with Crippen molar-refractivity contribution in [1.82, 2.24) is 4.98 Å². The molecule has 0 radical (unpaired) electrons. The highest BCUT2D eigenvalue weighted by molar-refractivity contribution is 6.04. The van der Waals surface area contributed by atoms with Gasteiger partial charge in [-0.05, 0) is 56.2 Å². The van der Waals surface area contributed by atoms with Crippen LogP contribution in [0.5, 0.6) is 0 Å². The minimum absolute atomic E-state index is 0.180. The van der Waals surface area contributed by atoms with E-state index >= 15 is 0 Å². The number of carbonyl (C=O) groups is 1. The number of benzene rings is 2. The average molecular weight is 331 g/mol. The number of hydrogen-bond acceptors (Lipinski definition) is 3. The number of nitrogens with zero attached hydrogens (tertiary/aromatic N) is 1. The number of rotatable bonds is 4. The molecule has 1 aromatic heterocycles. The van der Waals surface area contributed by atoms with Crippen LogP contribution < -0.4 is 10.6 Å². The van der Waals surface area contributed by atoms with Crippen molar-refractivity contribution in [2.75, 3.05) is 10.6 Å². The van der Waals surface area contributed by atoms with E-state index in [4.69, 9.17) is 0 Å². The molecule has 0 saturated carbocycles. The molecular formula is C21H21N3O. The van der Waals surface area contributed by atoms with E-state index in [1.807, 2.05) is 45.0 Å². The number of aromatic nitrogens is 1. The minimum Gasteiger partial charge on any atom is -0.354 e. The lowest BCUT2D eigenvalue weighted by Gasteiger charge is -2.11. The van der Waals surface area contributed by atoms with Gasteiger partial charge in [0.25, 0.3) is 5.91 Å². The summed E-state index contributed by atoms with van der Waals surface area (Å²) in [6.07, 6.45) is 3.28. The normalized spacial score (nSPS) is 10.4. The van der Waals surface area contributed by atoms with Gasteiger partial charge in [0, 0.05) is 17.6 Å². The predicted octanol–water partition coefficient (Wildman–Crippen LogP) is 5.00. The summed E-state index contributed by atoms with van der Waals surface area (Å²) >= 11 is 0. The maximum atomic E-state index is 12.4. The van der Waals surface area contributed by atoms with Gasteiger partial charge < -0.3 is 10.6 Å². The topological polar surface area (TPSA) is 54.0 Å². The first-order valence-corrected chi connectivity index (χ1v) is 8.18. The van der Waals surface area contributed by atoms with Gasteiger partial charge in [0.15, 0.2) is 0 Å². The highest BCUT2D eigenvalue weighted by Gasteiger charge is 2.08. The van der Waals surface area contributed by atoms with Crippen LogP contribution in [0.4, 0.5) is 17.1 Å². The third-order valence-corrected chi connectivity index (χ3v) is 3.98. The summed E-state index contributed by atoms with van der Waals surface area (Å²) < 4.78 is 0. The predicted molar refractivity (Wildman–Crippen MR) is 103 cm³/mol. The van der Waals surface area contributed by atoms with Gasteiger partial charge in [0.2, 0.25) is 0 Å². The Kier molecular flexibility index (Phi) is 4.80. The van der Waals surface area contributed by atoms with E-state index in [2.05, 4.69) is 33.8 Å². The molecule has 2 aromatic carbocycles. The van der Waals surface area contributed by atoms with Gasteiger partial charge in [0.1, 0.15) is 0 Å². The van der Waals surface area contributed by atoms with Gasteiger partial charge in [-0.15, -0.1) is 0 Å². The first-order valence-electron chi connectivity index (χ1n) is 8.18. The van der Waals surface area contributed by atoms with Gasteiger partial charge >= 0.3 is 0 Å². The number of amides is 1. The van der Waals surface area contributed by atoms with E-state index in [1.165, 1.54) is 5.56 Å². The Morgan fingerprint density at radius 2 is 1.56 bits per heavy atom. The molecule has 0 aliphatic heterocycles. The molecule has 25 heavy (non-hydrogen) atoms. The zero-order valence-electron chi connectivity index (χ0n) is 14.6. The lowest BCUT2D eigenvalue weighted by Crippen LogP contribution is -2.12. The molecule has 0 unspecified atom stereocenters. The summed E-state index contributed by atoms with van der Waals surface area (Å²) in [4.78, 5) is 16.6. The Morgan fingerprint density at radius 3 is 2.32 bits per heavy atom. The lowest BCUT2D eigenvalue weighted by atomic mass is 10.1.